The van der Waals surface area contributed by atoms with Crippen molar-refractivity contribution in [2.75, 3.05) is 11.5 Å². The highest BCUT2D eigenvalue weighted by atomic mass is 32.2. The Bertz CT molecular complexity index is 406. The van der Waals surface area contributed by atoms with Crippen molar-refractivity contribution in [1.82, 2.24) is 4.90 Å². The summed E-state index contributed by atoms with van der Waals surface area (Å²) in [7, 11) is 0. The number of hydrogen-bond donors (Lipinski definition) is 0. The zero-order chi connectivity index (χ0) is 12.5. The second-order valence-electron chi connectivity index (χ2n) is 4.65. The molecule has 2 saturated heterocycles. The minimum atomic E-state index is 0.175. The van der Waals surface area contributed by atoms with Crippen LogP contribution in [0.3, 0.4) is 0 Å². The SMILES string of the molecule is O=C1C(=C2SCCS2)SC(=S)N1C1CCCCC1. The molecule has 0 spiro atoms. The molecule has 3 aliphatic rings. The van der Waals surface area contributed by atoms with Crippen LogP contribution in [-0.4, -0.2) is 32.7 Å². The number of carbonyl (C=O) groups is 1. The molecule has 0 unspecified atom stereocenters. The first kappa shape index (κ1) is 13.3. The molecule has 1 amide bonds. The molecule has 0 aromatic carbocycles. The number of carbonyl (C=O) groups excluding carboxylic acids is 1. The van der Waals surface area contributed by atoms with Gasteiger partial charge in [-0.15, -0.1) is 23.5 Å². The van der Waals surface area contributed by atoms with E-state index in [1.165, 1.54) is 35.3 Å². The normalized spacial score (nSPS) is 26.6. The van der Waals surface area contributed by atoms with Gasteiger partial charge < -0.3 is 0 Å². The number of thioether (sulfide) groups is 3. The van der Waals surface area contributed by atoms with Crippen molar-refractivity contribution in [3.8, 4) is 0 Å². The van der Waals surface area contributed by atoms with Crippen LogP contribution in [0, 0.1) is 0 Å². The lowest BCUT2D eigenvalue weighted by atomic mass is 9.94. The van der Waals surface area contributed by atoms with Crippen molar-refractivity contribution >= 4 is 57.7 Å². The Kier molecular flexibility index (Phi) is 4.28. The molecule has 0 atom stereocenters. The Hall–Kier alpha value is 0.350. The third-order valence-electron chi connectivity index (χ3n) is 3.47. The molecule has 0 aromatic heterocycles. The number of nitrogens with zero attached hydrogens (tertiary/aromatic N) is 1. The fourth-order valence-corrected chi connectivity index (χ4v) is 6.76. The van der Waals surface area contributed by atoms with E-state index in [2.05, 4.69) is 0 Å². The van der Waals surface area contributed by atoms with Gasteiger partial charge >= 0.3 is 0 Å². The zero-order valence-corrected chi connectivity index (χ0v) is 13.3. The molecule has 3 fully saturated rings. The predicted molar refractivity (Wildman–Crippen MR) is 85.9 cm³/mol. The summed E-state index contributed by atoms with van der Waals surface area (Å²) in [5, 5.41) is 0. The van der Waals surface area contributed by atoms with Gasteiger partial charge in [0.15, 0.2) is 0 Å². The van der Waals surface area contributed by atoms with Crippen molar-refractivity contribution < 1.29 is 4.79 Å². The predicted octanol–water partition coefficient (Wildman–Crippen LogP) is 3.83. The van der Waals surface area contributed by atoms with Crippen LogP contribution in [-0.2, 0) is 4.79 Å². The van der Waals surface area contributed by atoms with Crippen molar-refractivity contribution in [3.05, 3.63) is 9.14 Å². The van der Waals surface area contributed by atoms with Crippen LogP contribution in [0.15, 0.2) is 9.14 Å². The lowest BCUT2D eigenvalue weighted by molar-refractivity contribution is -0.124. The Labute approximate surface area is 126 Å². The van der Waals surface area contributed by atoms with Gasteiger partial charge in [0.05, 0.1) is 9.14 Å². The van der Waals surface area contributed by atoms with E-state index in [0.717, 1.165) is 33.6 Å². The Balaban J connectivity index is 1.82. The molecule has 1 aliphatic carbocycles. The molecule has 3 rings (SSSR count). The monoisotopic (exact) mass is 317 g/mol. The third kappa shape index (κ3) is 2.49. The Morgan fingerprint density at radius 1 is 1.11 bits per heavy atom. The summed E-state index contributed by atoms with van der Waals surface area (Å²) in [6.45, 7) is 0. The van der Waals surface area contributed by atoms with Crippen LogP contribution in [0.1, 0.15) is 32.1 Å². The number of amides is 1. The molecule has 0 N–H and O–H groups in total. The third-order valence-corrected chi connectivity index (χ3v) is 7.85. The van der Waals surface area contributed by atoms with E-state index in [1.807, 2.05) is 28.4 Å². The number of hydrogen-bond acceptors (Lipinski definition) is 5. The molecule has 0 bridgehead atoms. The van der Waals surface area contributed by atoms with Gasteiger partial charge in [-0.3, -0.25) is 9.69 Å². The summed E-state index contributed by atoms with van der Waals surface area (Å²) in [5.41, 5.74) is 0. The maximum atomic E-state index is 12.5. The maximum Gasteiger partial charge on any atom is 0.268 e. The molecule has 0 aromatic rings. The van der Waals surface area contributed by atoms with Crippen LogP contribution >= 0.6 is 47.5 Å². The fraction of sp³-hybridized carbons (Fsp3) is 0.667. The van der Waals surface area contributed by atoms with Gasteiger partial charge in [-0.2, -0.15) is 0 Å². The van der Waals surface area contributed by atoms with E-state index in [9.17, 15) is 4.79 Å². The van der Waals surface area contributed by atoms with E-state index < -0.39 is 0 Å². The van der Waals surface area contributed by atoms with E-state index >= 15 is 0 Å². The van der Waals surface area contributed by atoms with Gasteiger partial charge in [0.2, 0.25) is 0 Å². The molecule has 2 heterocycles. The molecule has 2 aliphatic heterocycles. The number of thiocarbonyl (C=S) groups is 1. The largest absolute Gasteiger partial charge is 0.290 e. The molecule has 2 nitrogen and oxygen atoms in total. The minimum Gasteiger partial charge on any atom is -0.290 e. The molecule has 98 valence electrons. The van der Waals surface area contributed by atoms with Crippen molar-refractivity contribution in [2.45, 2.75) is 38.1 Å². The van der Waals surface area contributed by atoms with Crippen molar-refractivity contribution in [2.24, 2.45) is 0 Å². The molecule has 6 heteroatoms. The first-order chi connectivity index (χ1) is 8.77. The summed E-state index contributed by atoms with van der Waals surface area (Å²) in [4.78, 5) is 15.3. The summed E-state index contributed by atoms with van der Waals surface area (Å²) < 4.78 is 1.98. The van der Waals surface area contributed by atoms with Gasteiger partial charge in [0, 0.05) is 17.5 Å². The summed E-state index contributed by atoms with van der Waals surface area (Å²) in [6.07, 6.45) is 6.01. The van der Waals surface area contributed by atoms with Gasteiger partial charge in [0.25, 0.3) is 5.91 Å². The number of rotatable bonds is 1. The lowest BCUT2D eigenvalue weighted by Gasteiger charge is -2.29. The van der Waals surface area contributed by atoms with E-state index in [4.69, 9.17) is 12.2 Å². The van der Waals surface area contributed by atoms with E-state index in [1.54, 1.807) is 0 Å². The minimum absolute atomic E-state index is 0.175. The highest BCUT2D eigenvalue weighted by Crippen LogP contribution is 2.46. The smallest absolute Gasteiger partial charge is 0.268 e. The highest BCUT2D eigenvalue weighted by molar-refractivity contribution is 8.30. The maximum absolute atomic E-state index is 12.5. The van der Waals surface area contributed by atoms with Gasteiger partial charge in [-0.05, 0) is 12.8 Å². The standard InChI is InChI=1S/C12H15NOS4/c14-10-9(11-16-6-7-17-11)18-12(15)13(10)8-4-2-1-3-5-8/h8H,1-7H2. The fourth-order valence-electron chi connectivity index (χ4n) is 2.60. The van der Waals surface area contributed by atoms with Crippen LogP contribution in [0.25, 0.3) is 0 Å². The van der Waals surface area contributed by atoms with Crippen LogP contribution < -0.4 is 0 Å². The molecular weight excluding hydrogens is 302 g/mol. The average Bonchev–Trinajstić information content (AvgIpc) is 2.99. The Morgan fingerprint density at radius 3 is 2.44 bits per heavy atom. The summed E-state index contributed by atoms with van der Waals surface area (Å²) in [5.74, 6) is 2.41. The second kappa shape index (κ2) is 5.77. The quantitative estimate of drug-likeness (QED) is 0.539. The van der Waals surface area contributed by atoms with Gasteiger partial charge in [-0.25, -0.2) is 0 Å². The first-order valence-corrected chi connectivity index (χ1v) is 9.52. The van der Waals surface area contributed by atoms with E-state index in [0.29, 0.717) is 6.04 Å². The Morgan fingerprint density at radius 2 is 1.78 bits per heavy atom. The van der Waals surface area contributed by atoms with Crippen molar-refractivity contribution in [1.29, 1.82) is 0 Å². The molecule has 0 radical (unpaired) electrons. The first-order valence-electron chi connectivity index (χ1n) is 6.32. The topological polar surface area (TPSA) is 20.3 Å². The van der Waals surface area contributed by atoms with Crippen LogP contribution in [0.2, 0.25) is 0 Å². The molecule has 1 saturated carbocycles. The van der Waals surface area contributed by atoms with Gasteiger partial charge in [-0.1, -0.05) is 43.2 Å². The molecular formula is C12H15NOS4. The van der Waals surface area contributed by atoms with Crippen LogP contribution in [0.5, 0.6) is 0 Å². The summed E-state index contributed by atoms with van der Waals surface area (Å²) in [6, 6.07) is 0.362. The summed E-state index contributed by atoms with van der Waals surface area (Å²) >= 11 is 10.6. The van der Waals surface area contributed by atoms with Gasteiger partial charge in [0.1, 0.15) is 4.32 Å². The second-order valence-corrected chi connectivity index (χ2v) is 8.76. The average molecular weight is 318 g/mol. The highest BCUT2D eigenvalue weighted by Gasteiger charge is 2.39. The van der Waals surface area contributed by atoms with E-state index in [-0.39, 0.29) is 5.91 Å². The van der Waals surface area contributed by atoms with Crippen molar-refractivity contribution in [3.63, 3.8) is 0 Å². The lowest BCUT2D eigenvalue weighted by Crippen LogP contribution is -2.39. The molecule has 18 heavy (non-hydrogen) atoms. The van der Waals surface area contributed by atoms with Crippen LogP contribution in [0.4, 0.5) is 0 Å². The zero-order valence-electron chi connectivity index (χ0n) is 10.0.